The van der Waals surface area contributed by atoms with Crippen LogP contribution in [-0.2, 0) is 11.1 Å². The Hall–Kier alpha value is -2.82. The van der Waals surface area contributed by atoms with Gasteiger partial charge in [0, 0.05) is 40.1 Å². The molecule has 0 spiro atoms. The largest absolute Gasteiger partial charge is 0.335 e. The molecule has 0 aromatic heterocycles. The summed E-state index contributed by atoms with van der Waals surface area (Å²) >= 11 is 0. The highest BCUT2D eigenvalue weighted by Crippen LogP contribution is 2.65. The summed E-state index contributed by atoms with van der Waals surface area (Å²) in [5.41, 5.74) is 8.98. The Morgan fingerprint density at radius 2 is 1.34 bits per heavy atom. The van der Waals surface area contributed by atoms with Crippen molar-refractivity contribution in [1.29, 1.82) is 0 Å². The molecule has 4 aliphatic heterocycles. The van der Waals surface area contributed by atoms with E-state index in [1.54, 1.807) is 0 Å². The highest BCUT2D eigenvalue weighted by atomic mass is 19.2. The van der Waals surface area contributed by atoms with Crippen LogP contribution in [0.5, 0.6) is 0 Å². The zero-order chi connectivity index (χ0) is 25.8. The molecule has 5 heteroatoms. The number of benzene rings is 3. The number of halogens is 2. The van der Waals surface area contributed by atoms with Gasteiger partial charge in [0.05, 0.1) is 5.54 Å². The van der Waals surface area contributed by atoms with E-state index < -0.39 is 11.5 Å². The van der Waals surface area contributed by atoms with Crippen molar-refractivity contribution in [3.05, 3.63) is 65.2 Å². The van der Waals surface area contributed by atoms with Gasteiger partial charge in [-0.3, -0.25) is 0 Å². The van der Waals surface area contributed by atoms with Crippen LogP contribution in [0.1, 0.15) is 81.9 Å². The number of aryl methyl sites for hydroxylation is 1. The average molecular weight is 506 g/mol. The molecule has 0 bridgehead atoms. The first kappa shape index (κ1) is 22.0. The first-order chi connectivity index (χ1) is 18.2. The molecule has 192 valence electrons. The highest BCUT2D eigenvalue weighted by molar-refractivity contribution is 7.00. The van der Waals surface area contributed by atoms with Crippen molar-refractivity contribution in [1.82, 2.24) is 0 Å². The Kier molecular flexibility index (Phi) is 3.76. The summed E-state index contributed by atoms with van der Waals surface area (Å²) < 4.78 is 34.5. The molecule has 0 saturated heterocycles. The molecule has 0 radical (unpaired) electrons. The third-order valence-electron chi connectivity index (χ3n) is 11.8. The minimum Gasteiger partial charge on any atom is -0.335 e. The second-order valence-electron chi connectivity index (χ2n) is 13.4. The molecular formula is C33H33BF2N2. The van der Waals surface area contributed by atoms with E-state index in [-0.39, 0.29) is 30.5 Å². The Labute approximate surface area is 224 Å². The van der Waals surface area contributed by atoms with Gasteiger partial charge >= 0.3 is 0 Å². The molecule has 0 N–H and O–H groups in total. The Morgan fingerprint density at radius 3 is 2.11 bits per heavy atom. The topological polar surface area (TPSA) is 6.48 Å². The Bertz CT molecular complexity index is 1490. The Balaban J connectivity index is 1.43. The number of rotatable bonds is 0. The van der Waals surface area contributed by atoms with Crippen molar-refractivity contribution in [2.45, 2.75) is 94.6 Å². The van der Waals surface area contributed by atoms with Gasteiger partial charge in [-0.2, -0.15) is 0 Å². The monoisotopic (exact) mass is 506 g/mol. The van der Waals surface area contributed by atoms with E-state index >= 15 is 8.78 Å². The Morgan fingerprint density at radius 1 is 0.737 bits per heavy atom. The molecule has 3 aromatic rings. The zero-order valence-corrected chi connectivity index (χ0v) is 22.5. The van der Waals surface area contributed by atoms with Crippen LogP contribution in [-0.4, -0.2) is 18.0 Å². The molecule has 4 heterocycles. The minimum atomic E-state index is -2.05. The normalized spacial score (nSPS) is 34.9. The number of nitrogens with zero attached hydrogens (tertiary/aromatic N) is 2. The van der Waals surface area contributed by atoms with Crippen LogP contribution in [0.4, 0.5) is 31.5 Å². The fourth-order valence-electron chi connectivity index (χ4n) is 9.90. The van der Waals surface area contributed by atoms with E-state index in [4.69, 9.17) is 0 Å². The van der Waals surface area contributed by atoms with Crippen LogP contribution in [0.15, 0.2) is 48.5 Å². The summed E-state index contributed by atoms with van der Waals surface area (Å²) in [5.74, 6) is -2.05. The lowest BCUT2D eigenvalue weighted by atomic mass is 9.33. The molecule has 2 nitrogen and oxygen atoms in total. The fraction of sp³-hybridized carbons (Fsp3) is 0.455. The zero-order valence-electron chi connectivity index (χ0n) is 22.5. The van der Waals surface area contributed by atoms with Gasteiger partial charge < -0.3 is 9.80 Å². The van der Waals surface area contributed by atoms with Crippen LogP contribution in [0.25, 0.3) is 0 Å². The summed E-state index contributed by atoms with van der Waals surface area (Å²) in [6.07, 6.45) is 6.71. The van der Waals surface area contributed by atoms with Gasteiger partial charge in [0.15, 0.2) is 5.67 Å². The standard InChI is InChI=1S/C33H33BF2N2/c1-20-18-25-27-26(19-20)38-29-22(32(35)16-6-7-17-33(32,38)36)11-9-13-24(29)34(27)23-12-8-10-21-28(23)37(25)31(3)15-5-4-14-30(21,31)2/h8-13,18-19H,4-7,14-17H2,1-3H3. The van der Waals surface area contributed by atoms with Crippen molar-refractivity contribution >= 4 is 45.9 Å². The molecule has 3 aromatic carbocycles. The van der Waals surface area contributed by atoms with E-state index in [0.717, 1.165) is 35.2 Å². The minimum absolute atomic E-state index is 0.0160. The molecule has 38 heavy (non-hydrogen) atoms. The van der Waals surface area contributed by atoms with Crippen molar-refractivity contribution in [2.75, 3.05) is 9.80 Å². The van der Waals surface area contributed by atoms with Gasteiger partial charge in [-0.1, -0.05) is 56.2 Å². The predicted octanol–water partition coefficient (Wildman–Crippen LogP) is 6.44. The molecule has 2 aliphatic carbocycles. The lowest BCUT2D eigenvalue weighted by Crippen LogP contribution is -2.66. The second-order valence-corrected chi connectivity index (χ2v) is 13.4. The van der Waals surface area contributed by atoms with Gasteiger partial charge in [-0.05, 0) is 85.6 Å². The highest BCUT2D eigenvalue weighted by Gasteiger charge is 2.69. The van der Waals surface area contributed by atoms with Crippen molar-refractivity contribution in [3.63, 3.8) is 0 Å². The summed E-state index contributed by atoms with van der Waals surface area (Å²) in [5, 5.41) is 0. The van der Waals surface area contributed by atoms with E-state index in [9.17, 15) is 0 Å². The summed E-state index contributed by atoms with van der Waals surface area (Å²) in [7, 11) is 0. The first-order valence-corrected chi connectivity index (χ1v) is 14.6. The molecule has 0 amide bonds. The van der Waals surface area contributed by atoms with Crippen LogP contribution in [0, 0.1) is 6.92 Å². The molecule has 4 unspecified atom stereocenters. The number of fused-ring (bicyclic) bond motifs is 10. The molecule has 2 saturated carbocycles. The van der Waals surface area contributed by atoms with E-state index in [1.807, 2.05) is 17.0 Å². The molecule has 9 rings (SSSR count). The predicted molar refractivity (Wildman–Crippen MR) is 152 cm³/mol. The molecule has 4 atom stereocenters. The van der Waals surface area contributed by atoms with Gasteiger partial charge in [-0.15, -0.1) is 0 Å². The van der Waals surface area contributed by atoms with Crippen molar-refractivity contribution in [3.8, 4) is 0 Å². The lowest BCUT2D eigenvalue weighted by Gasteiger charge is -2.53. The van der Waals surface area contributed by atoms with Gasteiger partial charge in [0.1, 0.15) is 0 Å². The SMILES string of the molecule is Cc1cc2c3c(c1)N1c4c(cccc4C4(F)CCCCC14F)B3c1cccc3c1N2C1(C)CCCCC31C. The maximum atomic E-state index is 17.4. The molecule has 2 fully saturated rings. The van der Waals surface area contributed by atoms with E-state index in [1.165, 1.54) is 47.1 Å². The number of hydrogen-bond donors (Lipinski definition) is 0. The van der Waals surface area contributed by atoms with Crippen LogP contribution >= 0.6 is 0 Å². The van der Waals surface area contributed by atoms with Crippen LogP contribution in [0.3, 0.4) is 0 Å². The third kappa shape index (κ3) is 2.06. The molecular weight excluding hydrogens is 473 g/mol. The van der Waals surface area contributed by atoms with Crippen molar-refractivity contribution in [2.24, 2.45) is 0 Å². The maximum Gasteiger partial charge on any atom is 0.252 e. The number of anilines is 4. The van der Waals surface area contributed by atoms with E-state index in [0.29, 0.717) is 12.0 Å². The smallest absolute Gasteiger partial charge is 0.252 e. The van der Waals surface area contributed by atoms with Crippen molar-refractivity contribution < 1.29 is 8.78 Å². The van der Waals surface area contributed by atoms with E-state index in [2.05, 4.69) is 62.1 Å². The van der Waals surface area contributed by atoms with Gasteiger partial charge in [0.25, 0.3) is 6.71 Å². The number of alkyl halides is 2. The number of para-hydroxylation sites is 2. The molecule has 6 aliphatic rings. The third-order valence-corrected chi connectivity index (χ3v) is 11.8. The first-order valence-electron chi connectivity index (χ1n) is 14.6. The summed E-state index contributed by atoms with van der Waals surface area (Å²) in [6.45, 7) is 7.04. The number of hydrogen-bond acceptors (Lipinski definition) is 2. The fourth-order valence-corrected chi connectivity index (χ4v) is 9.90. The second kappa shape index (κ2) is 6.49. The summed E-state index contributed by atoms with van der Waals surface area (Å²) in [4.78, 5) is 4.48. The van der Waals surface area contributed by atoms with Gasteiger partial charge in [0.2, 0.25) is 5.79 Å². The maximum absolute atomic E-state index is 17.4. The van der Waals surface area contributed by atoms with Gasteiger partial charge in [-0.25, -0.2) is 8.78 Å². The lowest BCUT2D eigenvalue weighted by molar-refractivity contribution is -0.0615. The van der Waals surface area contributed by atoms with Crippen LogP contribution in [0.2, 0.25) is 0 Å². The summed E-state index contributed by atoms with van der Waals surface area (Å²) in [6, 6.07) is 17.3. The average Bonchev–Trinajstić information content (AvgIpc) is 3.25. The quantitative estimate of drug-likeness (QED) is 0.256. The van der Waals surface area contributed by atoms with Crippen LogP contribution < -0.4 is 26.2 Å².